The first kappa shape index (κ1) is 13.2. The van der Waals surface area contributed by atoms with E-state index >= 15 is 0 Å². The molecule has 0 saturated carbocycles. The molecule has 0 amide bonds. The van der Waals surface area contributed by atoms with Crippen LogP contribution in [0.3, 0.4) is 0 Å². The van der Waals surface area contributed by atoms with Crippen molar-refractivity contribution in [2.75, 3.05) is 5.32 Å². The van der Waals surface area contributed by atoms with Crippen molar-refractivity contribution in [3.8, 4) is 6.07 Å². The summed E-state index contributed by atoms with van der Waals surface area (Å²) >= 11 is 0. The highest BCUT2D eigenvalue weighted by atomic mass is 14.9. The first-order chi connectivity index (χ1) is 10.2. The Morgan fingerprint density at radius 2 is 1.57 bits per heavy atom. The fraction of sp³-hybridized carbons (Fsp3) is 0.105. The fourth-order valence-electron chi connectivity index (χ4n) is 2.60. The van der Waals surface area contributed by atoms with Crippen molar-refractivity contribution in [3.05, 3.63) is 71.3 Å². The van der Waals surface area contributed by atoms with Crippen molar-refractivity contribution < 1.29 is 0 Å². The molecule has 0 aromatic heterocycles. The van der Waals surface area contributed by atoms with Gasteiger partial charge in [-0.1, -0.05) is 42.0 Å². The first-order valence-corrected chi connectivity index (χ1v) is 6.95. The zero-order chi connectivity index (χ0) is 14.8. The van der Waals surface area contributed by atoms with E-state index in [1.807, 2.05) is 36.4 Å². The lowest BCUT2D eigenvalue weighted by Crippen LogP contribution is -1.95. The van der Waals surface area contributed by atoms with Crippen LogP contribution in [0.1, 0.15) is 16.7 Å². The summed E-state index contributed by atoms with van der Waals surface area (Å²) in [4.78, 5) is 0. The SMILES string of the molecule is Cc1ccc(Nc2ccc(C#N)c3ccccc23)c(C)c1. The number of benzene rings is 3. The highest BCUT2D eigenvalue weighted by Gasteiger charge is 2.06. The van der Waals surface area contributed by atoms with E-state index < -0.39 is 0 Å². The molecule has 0 spiro atoms. The van der Waals surface area contributed by atoms with Gasteiger partial charge in [-0.2, -0.15) is 5.26 Å². The topological polar surface area (TPSA) is 35.8 Å². The molecule has 0 radical (unpaired) electrons. The minimum atomic E-state index is 0.705. The molecule has 102 valence electrons. The number of aryl methyl sites for hydroxylation is 2. The quantitative estimate of drug-likeness (QED) is 0.706. The average molecular weight is 272 g/mol. The van der Waals surface area contributed by atoms with Crippen LogP contribution in [0.25, 0.3) is 10.8 Å². The monoisotopic (exact) mass is 272 g/mol. The van der Waals surface area contributed by atoms with Gasteiger partial charge in [0.15, 0.2) is 0 Å². The molecule has 0 bridgehead atoms. The number of nitrogens with zero attached hydrogens (tertiary/aromatic N) is 1. The van der Waals surface area contributed by atoms with Crippen LogP contribution in [-0.4, -0.2) is 0 Å². The van der Waals surface area contributed by atoms with Gasteiger partial charge in [0.25, 0.3) is 0 Å². The highest BCUT2D eigenvalue weighted by Crippen LogP contribution is 2.30. The molecule has 1 N–H and O–H groups in total. The van der Waals surface area contributed by atoms with Crippen molar-refractivity contribution in [2.24, 2.45) is 0 Å². The second-order valence-electron chi connectivity index (χ2n) is 5.26. The van der Waals surface area contributed by atoms with Crippen LogP contribution >= 0.6 is 0 Å². The zero-order valence-electron chi connectivity index (χ0n) is 12.1. The van der Waals surface area contributed by atoms with Crippen LogP contribution in [0.15, 0.2) is 54.6 Å². The minimum absolute atomic E-state index is 0.705. The normalized spacial score (nSPS) is 10.3. The standard InChI is InChI=1S/C19H16N2/c1-13-7-9-18(14(2)11-13)21-19-10-8-15(12-20)16-5-3-4-6-17(16)19/h3-11,21H,1-2H3. The van der Waals surface area contributed by atoms with Crippen LogP contribution < -0.4 is 5.32 Å². The molecule has 2 nitrogen and oxygen atoms in total. The molecule has 0 atom stereocenters. The Labute approximate surface area is 124 Å². The van der Waals surface area contributed by atoms with Crippen molar-refractivity contribution in [2.45, 2.75) is 13.8 Å². The van der Waals surface area contributed by atoms with E-state index in [1.54, 1.807) is 0 Å². The summed E-state index contributed by atoms with van der Waals surface area (Å²) in [5.74, 6) is 0. The molecule has 0 heterocycles. The Morgan fingerprint density at radius 1 is 0.857 bits per heavy atom. The van der Waals surface area contributed by atoms with Gasteiger partial charge >= 0.3 is 0 Å². The van der Waals surface area contributed by atoms with Gasteiger partial charge in [0.1, 0.15) is 0 Å². The molecule has 0 unspecified atom stereocenters. The van der Waals surface area contributed by atoms with Crippen LogP contribution in [0.5, 0.6) is 0 Å². The van der Waals surface area contributed by atoms with E-state index in [-0.39, 0.29) is 0 Å². The Bertz CT molecular complexity index is 857. The Balaban J connectivity index is 2.12. The molecule has 0 aliphatic carbocycles. The lowest BCUT2D eigenvalue weighted by atomic mass is 10.0. The third kappa shape index (κ3) is 2.46. The molecule has 3 aromatic rings. The number of rotatable bonds is 2. The van der Waals surface area contributed by atoms with Crippen molar-refractivity contribution in [3.63, 3.8) is 0 Å². The lowest BCUT2D eigenvalue weighted by Gasteiger charge is -2.13. The number of anilines is 2. The molecule has 0 aliphatic rings. The summed E-state index contributed by atoms with van der Waals surface area (Å²) in [5, 5.41) is 14.8. The summed E-state index contributed by atoms with van der Waals surface area (Å²) in [5.41, 5.74) is 5.29. The van der Waals surface area contributed by atoms with Crippen LogP contribution in [0.2, 0.25) is 0 Å². The van der Waals surface area contributed by atoms with Crippen molar-refractivity contribution >= 4 is 22.1 Å². The Kier molecular flexibility index (Phi) is 3.33. The third-order valence-electron chi connectivity index (χ3n) is 3.70. The number of nitriles is 1. The first-order valence-electron chi connectivity index (χ1n) is 6.95. The average Bonchev–Trinajstić information content (AvgIpc) is 2.50. The van der Waals surface area contributed by atoms with Gasteiger partial charge in [0.05, 0.1) is 11.6 Å². The lowest BCUT2D eigenvalue weighted by molar-refractivity contribution is 1.37. The molecule has 0 fully saturated rings. The molecule has 2 heteroatoms. The maximum Gasteiger partial charge on any atom is 0.0998 e. The largest absolute Gasteiger partial charge is 0.355 e. The van der Waals surface area contributed by atoms with Gasteiger partial charge in [-0.3, -0.25) is 0 Å². The summed E-state index contributed by atoms with van der Waals surface area (Å²) in [6.07, 6.45) is 0. The summed E-state index contributed by atoms with van der Waals surface area (Å²) in [6.45, 7) is 4.19. The van der Waals surface area contributed by atoms with E-state index in [4.69, 9.17) is 0 Å². The van der Waals surface area contributed by atoms with E-state index in [2.05, 4.69) is 43.4 Å². The second-order valence-corrected chi connectivity index (χ2v) is 5.26. The van der Waals surface area contributed by atoms with Gasteiger partial charge in [-0.15, -0.1) is 0 Å². The van der Waals surface area contributed by atoms with Crippen molar-refractivity contribution in [1.82, 2.24) is 0 Å². The van der Waals surface area contributed by atoms with Gasteiger partial charge in [0, 0.05) is 22.1 Å². The van der Waals surface area contributed by atoms with E-state index in [1.165, 1.54) is 11.1 Å². The molecule has 0 saturated heterocycles. The Morgan fingerprint density at radius 3 is 2.29 bits per heavy atom. The summed E-state index contributed by atoms with van der Waals surface area (Å²) in [6, 6.07) is 20.4. The van der Waals surface area contributed by atoms with Gasteiger partial charge in [0.2, 0.25) is 0 Å². The predicted octanol–water partition coefficient (Wildman–Crippen LogP) is 5.07. The smallest absolute Gasteiger partial charge is 0.0998 e. The minimum Gasteiger partial charge on any atom is -0.355 e. The maximum atomic E-state index is 9.22. The van der Waals surface area contributed by atoms with Crippen LogP contribution in [-0.2, 0) is 0 Å². The van der Waals surface area contributed by atoms with Gasteiger partial charge < -0.3 is 5.32 Å². The molecule has 0 aliphatic heterocycles. The van der Waals surface area contributed by atoms with E-state index in [0.29, 0.717) is 5.56 Å². The maximum absolute atomic E-state index is 9.22. The molecule has 3 rings (SSSR count). The predicted molar refractivity (Wildman–Crippen MR) is 87.9 cm³/mol. The summed E-state index contributed by atoms with van der Waals surface area (Å²) < 4.78 is 0. The second kappa shape index (κ2) is 5.30. The number of hydrogen-bond donors (Lipinski definition) is 1. The molecule has 3 aromatic carbocycles. The number of hydrogen-bond acceptors (Lipinski definition) is 2. The zero-order valence-corrected chi connectivity index (χ0v) is 12.1. The van der Waals surface area contributed by atoms with Crippen LogP contribution in [0, 0.1) is 25.2 Å². The number of fused-ring (bicyclic) bond motifs is 1. The molecule has 21 heavy (non-hydrogen) atoms. The fourth-order valence-corrected chi connectivity index (χ4v) is 2.60. The van der Waals surface area contributed by atoms with Crippen molar-refractivity contribution in [1.29, 1.82) is 5.26 Å². The third-order valence-corrected chi connectivity index (χ3v) is 3.70. The van der Waals surface area contributed by atoms with E-state index in [9.17, 15) is 5.26 Å². The van der Waals surface area contributed by atoms with Crippen LogP contribution in [0.4, 0.5) is 11.4 Å². The molecular formula is C19H16N2. The molecular weight excluding hydrogens is 256 g/mol. The van der Waals surface area contributed by atoms with Gasteiger partial charge in [-0.05, 0) is 37.6 Å². The summed E-state index contributed by atoms with van der Waals surface area (Å²) in [7, 11) is 0. The van der Waals surface area contributed by atoms with E-state index in [0.717, 1.165) is 22.1 Å². The highest BCUT2D eigenvalue weighted by molar-refractivity contribution is 5.98. The van der Waals surface area contributed by atoms with Gasteiger partial charge in [-0.25, -0.2) is 0 Å². The number of nitrogens with one attached hydrogen (secondary N) is 1. The Hall–Kier alpha value is -2.79.